The van der Waals surface area contributed by atoms with Gasteiger partial charge in [-0.1, -0.05) is 42.1 Å². The van der Waals surface area contributed by atoms with Crippen LogP contribution in [0.3, 0.4) is 0 Å². The molecule has 0 saturated carbocycles. The number of aromatic nitrogens is 5. The number of halogens is 1. The predicted octanol–water partition coefficient (Wildman–Crippen LogP) is 3.23. The second-order valence-electron chi connectivity index (χ2n) is 6.54. The van der Waals surface area contributed by atoms with Crippen LogP contribution in [0.2, 0.25) is 0 Å². The maximum absolute atomic E-state index is 13.2. The van der Waals surface area contributed by atoms with Gasteiger partial charge in [0.05, 0.1) is 0 Å². The topological polar surface area (TPSA) is 60.6 Å². The van der Waals surface area contributed by atoms with Crippen LogP contribution in [-0.4, -0.2) is 37.1 Å². The van der Waals surface area contributed by atoms with Gasteiger partial charge in [-0.3, -0.25) is 0 Å². The van der Waals surface area contributed by atoms with Crippen LogP contribution >= 0.6 is 11.8 Å². The Morgan fingerprint density at radius 2 is 1.93 bits per heavy atom. The largest absolute Gasteiger partial charge is 0.343 e. The fourth-order valence-corrected chi connectivity index (χ4v) is 3.91. The lowest BCUT2D eigenvalue weighted by Gasteiger charge is -2.05. The first kappa shape index (κ1) is 18.6. The molecule has 0 amide bonds. The van der Waals surface area contributed by atoms with Gasteiger partial charge in [0.25, 0.3) is 0 Å². The van der Waals surface area contributed by atoms with Crippen molar-refractivity contribution in [2.75, 3.05) is 12.3 Å². The number of rotatable bonds is 8. The Labute approximate surface area is 166 Å². The highest BCUT2D eigenvalue weighted by Crippen LogP contribution is 2.22. The van der Waals surface area contributed by atoms with Crippen LogP contribution in [0.5, 0.6) is 0 Å². The van der Waals surface area contributed by atoms with Crippen LogP contribution in [-0.2, 0) is 20.1 Å². The quantitative estimate of drug-likeness (QED) is 0.366. The van der Waals surface area contributed by atoms with Crippen LogP contribution in [0.4, 0.5) is 4.39 Å². The summed E-state index contributed by atoms with van der Waals surface area (Å²) in [5.41, 5.74) is 3.52. The number of nitrogens with one attached hydrogen (secondary N) is 1. The summed E-state index contributed by atoms with van der Waals surface area (Å²) in [5, 5.41) is 17.0. The van der Waals surface area contributed by atoms with Crippen molar-refractivity contribution in [1.29, 1.82) is 0 Å². The smallest absolute Gasteiger partial charge is 0.209 e. The molecule has 1 N–H and O–H groups in total. The van der Waals surface area contributed by atoms with Crippen LogP contribution in [0, 0.1) is 5.82 Å². The van der Waals surface area contributed by atoms with Crippen LogP contribution < -0.4 is 5.32 Å². The number of hydrogen-bond acceptors (Lipinski definition) is 5. The van der Waals surface area contributed by atoms with Gasteiger partial charge in [-0.25, -0.2) is 9.07 Å². The summed E-state index contributed by atoms with van der Waals surface area (Å²) in [6, 6.07) is 15.1. The van der Waals surface area contributed by atoms with Crippen molar-refractivity contribution in [3.8, 4) is 0 Å². The average molecular weight is 396 g/mol. The molecule has 28 heavy (non-hydrogen) atoms. The molecule has 0 atom stereocenters. The summed E-state index contributed by atoms with van der Waals surface area (Å²) >= 11 is 1.63. The number of thioether (sulfide) groups is 1. The van der Waals surface area contributed by atoms with Crippen molar-refractivity contribution in [1.82, 2.24) is 30.1 Å². The van der Waals surface area contributed by atoms with Gasteiger partial charge < -0.3 is 9.88 Å². The highest BCUT2D eigenvalue weighted by molar-refractivity contribution is 7.99. The lowest BCUT2D eigenvalue weighted by molar-refractivity contribution is 0.626. The second kappa shape index (κ2) is 8.53. The summed E-state index contributed by atoms with van der Waals surface area (Å²) in [5.74, 6) is 0.684. The number of tetrazole rings is 1. The van der Waals surface area contributed by atoms with Crippen LogP contribution in [0.1, 0.15) is 11.1 Å². The molecule has 0 aliphatic rings. The van der Waals surface area contributed by atoms with Crippen LogP contribution in [0.15, 0.2) is 59.9 Å². The Bertz CT molecular complexity index is 1060. The standard InChI is InChI=1S/C20H21FN6S/c1-26-20(23-24-25-26)28-11-10-22-12-16-14-27(19-5-3-2-4-18(16)19)13-15-6-8-17(21)9-7-15/h2-9,14,22H,10-13H2,1H3. The zero-order chi connectivity index (χ0) is 19.3. The SMILES string of the molecule is Cn1nnnc1SCCNCc1cn(Cc2ccc(F)cc2)c2ccccc12. The van der Waals surface area contributed by atoms with E-state index in [9.17, 15) is 4.39 Å². The summed E-state index contributed by atoms with van der Waals surface area (Å²) in [4.78, 5) is 0. The molecule has 2 aromatic heterocycles. The average Bonchev–Trinajstić information content (AvgIpc) is 3.27. The monoisotopic (exact) mass is 396 g/mol. The molecule has 144 valence electrons. The number of nitrogens with zero attached hydrogens (tertiary/aromatic N) is 5. The third-order valence-corrected chi connectivity index (χ3v) is 5.56. The number of benzene rings is 2. The van der Waals surface area contributed by atoms with Gasteiger partial charge in [-0.15, -0.1) is 5.10 Å². The first-order chi connectivity index (χ1) is 13.7. The van der Waals surface area contributed by atoms with E-state index in [1.807, 2.05) is 25.2 Å². The number of aryl methyl sites for hydroxylation is 1. The second-order valence-corrected chi connectivity index (χ2v) is 7.60. The minimum absolute atomic E-state index is 0.207. The minimum Gasteiger partial charge on any atom is -0.343 e. The third-order valence-electron chi connectivity index (χ3n) is 4.54. The van der Waals surface area contributed by atoms with Gasteiger partial charge >= 0.3 is 0 Å². The van der Waals surface area contributed by atoms with E-state index in [1.165, 1.54) is 28.6 Å². The van der Waals surface area contributed by atoms with E-state index in [4.69, 9.17) is 0 Å². The molecule has 4 rings (SSSR count). The minimum atomic E-state index is -0.207. The van der Waals surface area contributed by atoms with Gasteiger partial charge in [-0.2, -0.15) is 0 Å². The van der Waals surface area contributed by atoms with Crippen molar-refractivity contribution >= 4 is 22.7 Å². The van der Waals surface area contributed by atoms with E-state index in [0.29, 0.717) is 0 Å². The molecule has 0 unspecified atom stereocenters. The molecular weight excluding hydrogens is 375 g/mol. The molecule has 8 heteroatoms. The van der Waals surface area contributed by atoms with Crippen molar-refractivity contribution in [2.45, 2.75) is 18.2 Å². The Kier molecular flexibility index (Phi) is 5.68. The maximum atomic E-state index is 13.2. The number of fused-ring (bicyclic) bond motifs is 1. The molecule has 0 saturated heterocycles. The van der Waals surface area contributed by atoms with Gasteiger partial charge in [0.2, 0.25) is 5.16 Å². The number of hydrogen-bond donors (Lipinski definition) is 1. The van der Waals surface area contributed by atoms with Gasteiger partial charge in [0.15, 0.2) is 0 Å². The Balaban J connectivity index is 1.41. The molecular formula is C20H21FN6S. The molecule has 2 aromatic carbocycles. The van der Waals surface area contributed by atoms with Crippen molar-refractivity contribution in [3.05, 3.63) is 71.7 Å². The van der Waals surface area contributed by atoms with E-state index in [0.717, 1.165) is 36.1 Å². The molecule has 0 aliphatic carbocycles. The Hall–Kier alpha value is -2.71. The van der Waals surface area contributed by atoms with E-state index < -0.39 is 0 Å². The molecule has 0 radical (unpaired) electrons. The first-order valence-corrected chi connectivity index (χ1v) is 10.1. The summed E-state index contributed by atoms with van der Waals surface area (Å²) in [6.45, 7) is 2.36. The molecule has 0 aliphatic heterocycles. The van der Waals surface area contributed by atoms with Crippen molar-refractivity contribution in [3.63, 3.8) is 0 Å². The van der Waals surface area contributed by atoms with Gasteiger partial charge in [-0.05, 0) is 39.8 Å². The summed E-state index contributed by atoms with van der Waals surface area (Å²) < 4.78 is 17.1. The lowest BCUT2D eigenvalue weighted by atomic mass is 10.2. The fourth-order valence-electron chi connectivity index (χ4n) is 3.16. The Morgan fingerprint density at radius 3 is 2.71 bits per heavy atom. The molecule has 0 fully saturated rings. The van der Waals surface area contributed by atoms with Crippen LogP contribution in [0.25, 0.3) is 10.9 Å². The van der Waals surface area contributed by atoms with E-state index in [2.05, 4.69) is 49.8 Å². The number of para-hydroxylation sites is 1. The highest BCUT2D eigenvalue weighted by Gasteiger charge is 2.09. The Morgan fingerprint density at radius 1 is 1.11 bits per heavy atom. The van der Waals surface area contributed by atoms with E-state index >= 15 is 0 Å². The predicted molar refractivity (Wildman–Crippen MR) is 109 cm³/mol. The molecule has 6 nitrogen and oxygen atoms in total. The third kappa shape index (κ3) is 4.23. The van der Waals surface area contributed by atoms with E-state index in [1.54, 1.807) is 16.4 Å². The van der Waals surface area contributed by atoms with Gasteiger partial charge in [0.1, 0.15) is 5.82 Å². The van der Waals surface area contributed by atoms with Gasteiger partial charge in [0, 0.05) is 49.5 Å². The normalized spacial score (nSPS) is 11.4. The maximum Gasteiger partial charge on any atom is 0.209 e. The zero-order valence-corrected chi connectivity index (χ0v) is 16.4. The summed E-state index contributed by atoms with van der Waals surface area (Å²) in [7, 11) is 1.84. The highest BCUT2D eigenvalue weighted by atomic mass is 32.2. The molecule has 2 heterocycles. The fraction of sp³-hybridized carbons (Fsp3) is 0.250. The van der Waals surface area contributed by atoms with Crippen molar-refractivity contribution in [2.24, 2.45) is 7.05 Å². The molecule has 0 spiro atoms. The zero-order valence-electron chi connectivity index (χ0n) is 15.5. The first-order valence-electron chi connectivity index (χ1n) is 9.08. The van der Waals surface area contributed by atoms with Crippen molar-refractivity contribution < 1.29 is 4.39 Å². The van der Waals surface area contributed by atoms with E-state index in [-0.39, 0.29) is 5.82 Å². The summed E-state index contributed by atoms with van der Waals surface area (Å²) in [6.07, 6.45) is 2.18. The molecule has 4 aromatic rings. The molecule has 0 bridgehead atoms. The lowest BCUT2D eigenvalue weighted by Crippen LogP contribution is -2.16.